The highest BCUT2D eigenvalue weighted by atomic mass is 35.5. The third kappa shape index (κ3) is 4.38. The van der Waals surface area contributed by atoms with Gasteiger partial charge in [-0.25, -0.2) is 9.18 Å². The predicted octanol–water partition coefficient (Wildman–Crippen LogP) is 4.23. The van der Waals surface area contributed by atoms with E-state index in [-0.39, 0.29) is 11.1 Å². The van der Waals surface area contributed by atoms with Crippen molar-refractivity contribution in [3.8, 4) is 5.75 Å². The second-order valence-corrected chi connectivity index (χ2v) is 6.37. The molecule has 0 saturated carbocycles. The average Bonchev–Trinajstić information content (AvgIpc) is 2.66. The lowest BCUT2D eigenvalue weighted by Gasteiger charge is -2.36. The average molecular weight is 378 g/mol. The summed E-state index contributed by atoms with van der Waals surface area (Å²) in [5, 5.41) is 3.00. The lowest BCUT2D eigenvalue weighted by atomic mass is 10.2. The number of amides is 2. The van der Waals surface area contributed by atoms with E-state index in [4.69, 9.17) is 16.3 Å². The molecule has 1 aliphatic rings. The van der Waals surface area contributed by atoms with E-state index in [2.05, 4.69) is 10.2 Å². The summed E-state index contributed by atoms with van der Waals surface area (Å²) >= 11 is 5.85. The first-order valence-electron chi connectivity index (χ1n) is 8.55. The minimum atomic E-state index is -0.427. The number of rotatable bonds is 4. The fraction of sp³-hybridized carbons (Fsp3) is 0.316. The van der Waals surface area contributed by atoms with Crippen molar-refractivity contribution in [2.75, 3.05) is 43.0 Å². The Labute approximate surface area is 157 Å². The highest BCUT2D eigenvalue weighted by Gasteiger charge is 2.21. The van der Waals surface area contributed by atoms with Gasteiger partial charge in [-0.05, 0) is 49.4 Å². The summed E-state index contributed by atoms with van der Waals surface area (Å²) in [6.07, 6.45) is 0. The highest BCUT2D eigenvalue weighted by Crippen LogP contribution is 2.24. The SMILES string of the molecule is CCOc1ccc(NC(=O)N2CCN(c3ccc(F)c(Cl)c3)CC2)cc1. The van der Waals surface area contributed by atoms with Crippen molar-refractivity contribution >= 4 is 29.0 Å². The first-order valence-corrected chi connectivity index (χ1v) is 8.93. The standard InChI is InChI=1S/C19H21ClFN3O2/c1-2-26-16-6-3-14(4-7-16)22-19(25)24-11-9-23(10-12-24)15-5-8-18(21)17(20)13-15/h3-8,13H,2,9-12H2,1H3,(H,22,25). The molecule has 1 fully saturated rings. The second kappa shape index (κ2) is 8.27. The van der Waals surface area contributed by atoms with Gasteiger partial charge < -0.3 is 19.9 Å². The van der Waals surface area contributed by atoms with Gasteiger partial charge >= 0.3 is 6.03 Å². The van der Waals surface area contributed by atoms with Gasteiger partial charge in [0.2, 0.25) is 0 Å². The zero-order valence-electron chi connectivity index (χ0n) is 14.5. The summed E-state index contributed by atoms with van der Waals surface area (Å²) < 4.78 is 18.7. The smallest absolute Gasteiger partial charge is 0.321 e. The molecule has 0 bridgehead atoms. The van der Waals surface area contributed by atoms with Gasteiger partial charge in [0.05, 0.1) is 11.6 Å². The summed E-state index contributed by atoms with van der Waals surface area (Å²) in [5.41, 5.74) is 1.59. The molecular weight excluding hydrogens is 357 g/mol. The van der Waals surface area contributed by atoms with Crippen LogP contribution in [-0.2, 0) is 0 Å². The molecule has 26 heavy (non-hydrogen) atoms. The monoisotopic (exact) mass is 377 g/mol. The summed E-state index contributed by atoms with van der Waals surface area (Å²) in [4.78, 5) is 16.3. The van der Waals surface area contributed by atoms with E-state index >= 15 is 0 Å². The van der Waals surface area contributed by atoms with Crippen LogP contribution in [0.25, 0.3) is 0 Å². The molecule has 0 aromatic heterocycles. The molecule has 5 nitrogen and oxygen atoms in total. The first-order chi connectivity index (χ1) is 12.6. The largest absolute Gasteiger partial charge is 0.494 e. The van der Waals surface area contributed by atoms with Crippen molar-refractivity contribution in [2.24, 2.45) is 0 Å². The molecule has 1 N–H and O–H groups in total. The van der Waals surface area contributed by atoms with Gasteiger partial charge in [-0.2, -0.15) is 0 Å². The fourth-order valence-electron chi connectivity index (χ4n) is 2.85. The van der Waals surface area contributed by atoms with E-state index in [1.165, 1.54) is 6.07 Å². The van der Waals surface area contributed by atoms with Crippen LogP contribution in [0, 0.1) is 5.82 Å². The number of benzene rings is 2. The number of carbonyl (C=O) groups is 1. The van der Waals surface area contributed by atoms with Crippen LogP contribution in [0.1, 0.15) is 6.92 Å². The maximum Gasteiger partial charge on any atom is 0.321 e. The van der Waals surface area contributed by atoms with Crippen molar-refractivity contribution in [2.45, 2.75) is 6.92 Å². The Morgan fingerprint density at radius 1 is 1.15 bits per heavy atom. The lowest BCUT2D eigenvalue weighted by molar-refractivity contribution is 0.208. The molecule has 0 aliphatic carbocycles. The first kappa shape index (κ1) is 18.3. The van der Waals surface area contributed by atoms with E-state index in [0.29, 0.717) is 32.8 Å². The third-order valence-corrected chi connectivity index (χ3v) is 4.54. The number of piperazine rings is 1. The molecule has 3 rings (SSSR count). The van der Waals surface area contributed by atoms with Crippen molar-refractivity contribution in [3.05, 3.63) is 53.3 Å². The predicted molar refractivity (Wildman–Crippen MR) is 102 cm³/mol. The minimum Gasteiger partial charge on any atom is -0.494 e. The normalized spacial score (nSPS) is 14.3. The second-order valence-electron chi connectivity index (χ2n) is 5.96. The Morgan fingerprint density at radius 3 is 2.46 bits per heavy atom. The van der Waals surface area contributed by atoms with Crippen LogP contribution in [0.4, 0.5) is 20.6 Å². The van der Waals surface area contributed by atoms with E-state index in [9.17, 15) is 9.18 Å². The molecule has 2 aromatic rings. The molecule has 2 amide bonds. The van der Waals surface area contributed by atoms with E-state index in [0.717, 1.165) is 17.1 Å². The van der Waals surface area contributed by atoms with Gasteiger partial charge in [0.1, 0.15) is 11.6 Å². The van der Waals surface area contributed by atoms with Crippen LogP contribution in [-0.4, -0.2) is 43.7 Å². The molecule has 1 saturated heterocycles. The van der Waals surface area contributed by atoms with Crippen molar-refractivity contribution in [1.29, 1.82) is 0 Å². The van der Waals surface area contributed by atoms with Crippen molar-refractivity contribution < 1.29 is 13.9 Å². The van der Waals surface area contributed by atoms with Crippen molar-refractivity contribution in [3.63, 3.8) is 0 Å². The number of anilines is 2. The third-order valence-electron chi connectivity index (χ3n) is 4.25. The van der Waals surface area contributed by atoms with Gasteiger partial charge in [-0.15, -0.1) is 0 Å². The van der Waals surface area contributed by atoms with Crippen LogP contribution in [0.5, 0.6) is 5.75 Å². The molecule has 0 radical (unpaired) electrons. The fourth-order valence-corrected chi connectivity index (χ4v) is 3.03. The number of urea groups is 1. The number of nitrogens with zero attached hydrogens (tertiary/aromatic N) is 2. The number of hydrogen-bond donors (Lipinski definition) is 1. The molecule has 7 heteroatoms. The molecule has 138 valence electrons. The zero-order chi connectivity index (χ0) is 18.5. The Kier molecular flexibility index (Phi) is 5.83. The quantitative estimate of drug-likeness (QED) is 0.867. The Hall–Kier alpha value is -2.47. The summed E-state index contributed by atoms with van der Waals surface area (Å²) in [6, 6.07) is 11.8. The molecule has 0 atom stereocenters. The van der Waals surface area contributed by atoms with Crippen LogP contribution < -0.4 is 15.0 Å². The molecule has 0 spiro atoms. The maximum absolute atomic E-state index is 13.3. The van der Waals surface area contributed by atoms with Crippen LogP contribution in [0.2, 0.25) is 5.02 Å². The van der Waals surface area contributed by atoms with Gasteiger partial charge in [-0.1, -0.05) is 11.6 Å². The molecule has 1 aliphatic heterocycles. The van der Waals surface area contributed by atoms with Gasteiger partial charge in [0.15, 0.2) is 0 Å². The maximum atomic E-state index is 13.3. The van der Waals surface area contributed by atoms with E-state index in [1.807, 2.05) is 31.2 Å². The molecule has 0 unspecified atom stereocenters. The summed E-state index contributed by atoms with van der Waals surface area (Å²) in [6.45, 7) is 5.03. The van der Waals surface area contributed by atoms with E-state index in [1.54, 1.807) is 17.0 Å². The van der Waals surface area contributed by atoms with Crippen LogP contribution in [0.3, 0.4) is 0 Å². The van der Waals surface area contributed by atoms with Gasteiger partial charge in [-0.3, -0.25) is 0 Å². The van der Waals surface area contributed by atoms with Crippen LogP contribution in [0.15, 0.2) is 42.5 Å². The lowest BCUT2D eigenvalue weighted by Crippen LogP contribution is -2.50. The molecule has 1 heterocycles. The highest BCUT2D eigenvalue weighted by molar-refractivity contribution is 6.31. The molecular formula is C19H21ClFN3O2. The Morgan fingerprint density at radius 2 is 1.85 bits per heavy atom. The Balaban J connectivity index is 1.53. The van der Waals surface area contributed by atoms with Gasteiger partial charge in [0, 0.05) is 37.6 Å². The zero-order valence-corrected chi connectivity index (χ0v) is 15.3. The number of ether oxygens (including phenoxy) is 1. The summed E-state index contributed by atoms with van der Waals surface area (Å²) in [7, 11) is 0. The summed E-state index contributed by atoms with van der Waals surface area (Å²) in [5.74, 6) is 0.348. The number of nitrogens with one attached hydrogen (secondary N) is 1. The topological polar surface area (TPSA) is 44.8 Å². The van der Waals surface area contributed by atoms with Crippen LogP contribution >= 0.6 is 11.6 Å². The minimum absolute atomic E-state index is 0.109. The van der Waals surface area contributed by atoms with Crippen molar-refractivity contribution in [1.82, 2.24) is 4.90 Å². The number of halogens is 2. The number of hydrogen-bond acceptors (Lipinski definition) is 3. The Bertz CT molecular complexity index is 762. The number of carbonyl (C=O) groups excluding carboxylic acids is 1. The van der Waals surface area contributed by atoms with E-state index < -0.39 is 5.82 Å². The molecule has 2 aromatic carbocycles. The van der Waals surface area contributed by atoms with Gasteiger partial charge in [0.25, 0.3) is 0 Å².